The van der Waals surface area contributed by atoms with Crippen LogP contribution in [0.25, 0.3) is 0 Å². The molecule has 0 spiro atoms. The van der Waals surface area contributed by atoms with Gasteiger partial charge in [0.05, 0.1) is 4.90 Å². The fourth-order valence-corrected chi connectivity index (χ4v) is 1.81. The summed E-state index contributed by atoms with van der Waals surface area (Å²) in [5.74, 6) is -0.284. The predicted octanol–water partition coefficient (Wildman–Crippen LogP) is 1.60. The third kappa shape index (κ3) is 3.51. The summed E-state index contributed by atoms with van der Waals surface area (Å²) >= 11 is 0. The molecule has 1 amide bonds. The Balaban J connectivity index is 2.96. The molecule has 0 aliphatic carbocycles. The minimum absolute atomic E-state index is 0.186. The third-order valence-corrected chi connectivity index (χ3v) is 2.96. The number of benzene rings is 1. The summed E-state index contributed by atoms with van der Waals surface area (Å²) in [7, 11) is -3.24. The van der Waals surface area contributed by atoms with Crippen molar-refractivity contribution in [1.82, 2.24) is 0 Å². The second-order valence-corrected chi connectivity index (χ2v) is 5.30. The van der Waals surface area contributed by atoms with Crippen molar-refractivity contribution >= 4 is 21.4 Å². The maximum absolute atomic E-state index is 11.3. The first-order chi connectivity index (χ1) is 7.43. The number of anilines is 1. The van der Waals surface area contributed by atoms with Gasteiger partial charge in [-0.15, -0.1) is 0 Å². The van der Waals surface area contributed by atoms with Gasteiger partial charge < -0.3 is 5.32 Å². The molecule has 1 rings (SSSR count). The number of hydrogen-bond donors (Lipinski definition) is 1. The van der Waals surface area contributed by atoms with E-state index >= 15 is 0 Å². The first kappa shape index (κ1) is 12.4. The van der Waals surface area contributed by atoms with E-state index in [-0.39, 0.29) is 10.8 Å². The average molecular weight is 239 g/mol. The molecule has 0 atom stereocenters. The average Bonchev–Trinajstić information content (AvgIpc) is 2.17. The fourth-order valence-electron chi connectivity index (χ4n) is 1.14. The van der Waals surface area contributed by atoms with Gasteiger partial charge in [-0.25, -0.2) is 8.42 Å². The Morgan fingerprint density at radius 2 is 2.06 bits per heavy atom. The zero-order chi connectivity index (χ0) is 12.2. The molecule has 0 saturated carbocycles. The summed E-state index contributed by atoms with van der Waals surface area (Å²) in [4.78, 5) is 11.4. The molecule has 0 fully saturated rings. The number of carbonyl (C=O) groups excluding carboxylic acids is 1. The lowest BCUT2D eigenvalue weighted by Gasteiger charge is -2.04. The Bertz CT molecular complexity index is 518. The van der Waals surface area contributed by atoms with E-state index in [1.807, 2.05) is 0 Å². The van der Waals surface area contributed by atoms with E-state index in [2.05, 4.69) is 5.32 Å². The molecular formula is C11H13NO3S. The zero-order valence-electron chi connectivity index (χ0n) is 9.10. The van der Waals surface area contributed by atoms with Crippen LogP contribution in [0.1, 0.15) is 6.92 Å². The molecule has 0 saturated heterocycles. The van der Waals surface area contributed by atoms with Crippen molar-refractivity contribution in [3.63, 3.8) is 0 Å². The summed E-state index contributed by atoms with van der Waals surface area (Å²) in [6.07, 6.45) is 4.10. The Morgan fingerprint density at radius 1 is 1.38 bits per heavy atom. The highest BCUT2D eigenvalue weighted by Crippen LogP contribution is 2.15. The lowest BCUT2D eigenvalue weighted by Crippen LogP contribution is -2.08. The van der Waals surface area contributed by atoms with Crippen molar-refractivity contribution in [2.45, 2.75) is 11.8 Å². The van der Waals surface area contributed by atoms with E-state index in [0.29, 0.717) is 5.69 Å². The lowest BCUT2D eigenvalue weighted by atomic mass is 10.3. The molecule has 1 N–H and O–H groups in total. The summed E-state index contributed by atoms with van der Waals surface area (Å²) in [6.45, 7) is 1.73. The molecule has 1 aromatic rings. The van der Waals surface area contributed by atoms with E-state index in [4.69, 9.17) is 0 Å². The van der Waals surface area contributed by atoms with E-state index < -0.39 is 9.84 Å². The van der Waals surface area contributed by atoms with Gasteiger partial charge in [-0.3, -0.25) is 4.79 Å². The number of rotatable bonds is 3. The second kappa shape index (κ2) is 4.94. The zero-order valence-corrected chi connectivity index (χ0v) is 9.91. The van der Waals surface area contributed by atoms with Crippen molar-refractivity contribution < 1.29 is 13.2 Å². The Morgan fingerprint density at radius 3 is 2.62 bits per heavy atom. The highest BCUT2D eigenvalue weighted by atomic mass is 32.2. The molecule has 1 aromatic carbocycles. The van der Waals surface area contributed by atoms with Crippen molar-refractivity contribution in [3.05, 3.63) is 36.4 Å². The van der Waals surface area contributed by atoms with Crippen LogP contribution in [0.2, 0.25) is 0 Å². The molecule has 0 heterocycles. The standard InChI is InChI=1S/C11H13NO3S/c1-3-5-11(13)12-9-6-4-7-10(8-9)16(2,14)15/h3-8H,1-2H3,(H,12,13). The number of hydrogen-bond acceptors (Lipinski definition) is 3. The van der Waals surface area contributed by atoms with Gasteiger partial charge in [0.25, 0.3) is 0 Å². The second-order valence-electron chi connectivity index (χ2n) is 3.29. The quantitative estimate of drug-likeness (QED) is 0.815. The van der Waals surface area contributed by atoms with Crippen LogP contribution in [-0.2, 0) is 14.6 Å². The van der Waals surface area contributed by atoms with Crippen LogP contribution in [0, 0.1) is 0 Å². The van der Waals surface area contributed by atoms with Gasteiger partial charge in [-0.05, 0) is 31.2 Å². The highest BCUT2D eigenvalue weighted by molar-refractivity contribution is 7.90. The summed E-state index contributed by atoms with van der Waals surface area (Å²) < 4.78 is 22.5. The minimum atomic E-state index is -3.24. The first-order valence-electron chi connectivity index (χ1n) is 4.67. The molecule has 5 heteroatoms. The van der Waals surface area contributed by atoms with Gasteiger partial charge in [0.2, 0.25) is 5.91 Å². The number of amides is 1. The van der Waals surface area contributed by atoms with Crippen molar-refractivity contribution in [3.8, 4) is 0 Å². The van der Waals surface area contributed by atoms with Crippen molar-refractivity contribution in [2.24, 2.45) is 0 Å². The molecule has 0 radical (unpaired) electrons. The van der Waals surface area contributed by atoms with Crippen LogP contribution in [0.3, 0.4) is 0 Å². The normalized spacial score (nSPS) is 11.6. The van der Waals surface area contributed by atoms with Gasteiger partial charge in [-0.2, -0.15) is 0 Å². The largest absolute Gasteiger partial charge is 0.322 e. The third-order valence-electron chi connectivity index (χ3n) is 1.85. The Labute approximate surface area is 94.9 Å². The SMILES string of the molecule is CC=CC(=O)Nc1cccc(S(C)(=O)=O)c1. The van der Waals surface area contributed by atoms with Gasteiger partial charge in [-0.1, -0.05) is 12.1 Å². The summed E-state index contributed by atoms with van der Waals surface area (Å²) in [5, 5.41) is 2.57. The fraction of sp³-hybridized carbons (Fsp3) is 0.182. The minimum Gasteiger partial charge on any atom is -0.322 e. The lowest BCUT2D eigenvalue weighted by molar-refractivity contribution is -0.111. The molecule has 0 bridgehead atoms. The van der Waals surface area contributed by atoms with Crippen LogP contribution in [0.4, 0.5) is 5.69 Å². The first-order valence-corrected chi connectivity index (χ1v) is 6.56. The maximum atomic E-state index is 11.3. The molecule has 0 unspecified atom stereocenters. The molecule has 16 heavy (non-hydrogen) atoms. The van der Waals surface area contributed by atoms with Crippen LogP contribution < -0.4 is 5.32 Å². The smallest absolute Gasteiger partial charge is 0.248 e. The van der Waals surface area contributed by atoms with Crippen LogP contribution in [0.5, 0.6) is 0 Å². The van der Waals surface area contributed by atoms with E-state index in [1.165, 1.54) is 18.2 Å². The number of carbonyl (C=O) groups is 1. The van der Waals surface area contributed by atoms with Crippen molar-refractivity contribution in [1.29, 1.82) is 0 Å². The number of sulfone groups is 1. The molecule has 0 aliphatic rings. The molecule has 4 nitrogen and oxygen atoms in total. The molecule has 0 aromatic heterocycles. The molecular weight excluding hydrogens is 226 g/mol. The van der Waals surface area contributed by atoms with Crippen LogP contribution in [-0.4, -0.2) is 20.6 Å². The molecule has 0 aliphatic heterocycles. The summed E-state index contributed by atoms with van der Waals surface area (Å²) in [6, 6.07) is 6.13. The topological polar surface area (TPSA) is 63.2 Å². The predicted molar refractivity (Wildman–Crippen MR) is 63.0 cm³/mol. The van der Waals surface area contributed by atoms with Crippen molar-refractivity contribution in [2.75, 3.05) is 11.6 Å². The Hall–Kier alpha value is -1.62. The maximum Gasteiger partial charge on any atom is 0.248 e. The van der Waals surface area contributed by atoms with E-state index in [9.17, 15) is 13.2 Å². The van der Waals surface area contributed by atoms with Gasteiger partial charge in [0.15, 0.2) is 9.84 Å². The van der Waals surface area contributed by atoms with Crippen LogP contribution >= 0.6 is 0 Å². The van der Waals surface area contributed by atoms with Gasteiger partial charge in [0, 0.05) is 11.9 Å². The molecule has 86 valence electrons. The monoisotopic (exact) mass is 239 g/mol. The highest BCUT2D eigenvalue weighted by Gasteiger charge is 2.07. The van der Waals surface area contributed by atoms with Crippen LogP contribution in [0.15, 0.2) is 41.3 Å². The Kier molecular flexibility index (Phi) is 3.84. The van der Waals surface area contributed by atoms with Gasteiger partial charge in [0.1, 0.15) is 0 Å². The summed E-state index contributed by atoms with van der Waals surface area (Å²) in [5.41, 5.74) is 0.464. The van der Waals surface area contributed by atoms with E-state index in [0.717, 1.165) is 6.26 Å². The number of nitrogens with one attached hydrogen (secondary N) is 1. The van der Waals surface area contributed by atoms with E-state index in [1.54, 1.807) is 25.1 Å². The number of allylic oxidation sites excluding steroid dienone is 1. The van der Waals surface area contributed by atoms with Gasteiger partial charge >= 0.3 is 0 Å².